The Morgan fingerprint density at radius 3 is 2.58 bits per heavy atom. The van der Waals surface area contributed by atoms with Crippen molar-refractivity contribution in [2.75, 3.05) is 13.1 Å². The van der Waals surface area contributed by atoms with E-state index < -0.39 is 0 Å². The zero-order valence-electron chi connectivity index (χ0n) is 7.89. The summed E-state index contributed by atoms with van der Waals surface area (Å²) < 4.78 is 0. The van der Waals surface area contributed by atoms with E-state index in [1.165, 1.54) is 12.8 Å². The van der Waals surface area contributed by atoms with Crippen molar-refractivity contribution in [1.29, 1.82) is 0 Å². The van der Waals surface area contributed by atoms with Crippen LogP contribution in [0.4, 0.5) is 0 Å². The van der Waals surface area contributed by atoms with Crippen LogP contribution in [0.3, 0.4) is 0 Å². The van der Waals surface area contributed by atoms with Crippen LogP contribution < -0.4 is 10.6 Å². The van der Waals surface area contributed by atoms with E-state index in [1.54, 1.807) is 6.92 Å². The fourth-order valence-electron chi connectivity index (χ4n) is 1.78. The average Bonchev–Trinajstić information content (AvgIpc) is 2.05. The molecule has 1 amide bonds. The molecule has 0 spiro atoms. The Kier molecular flexibility index (Phi) is 3.53. The van der Waals surface area contributed by atoms with Gasteiger partial charge in [0.15, 0.2) is 0 Å². The van der Waals surface area contributed by atoms with E-state index in [9.17, 15) is 4.79 Å². The van der Waals surface area contributed by atoms with Crippen LogP contribution >= 0.6 is 0 Å². The summed E-state index contributed by atoms with van der Waals surface area (Å²) >= 11 is 0. The maximum Gasteiger partial charge on any atom is 0.217 e. The lowest BCUT2D eigenvalue weighted by molar-refractivity contribution is -0.119. The van der Waals surface area contributed by atoms with E-state index >= 15 is 0 Å². The largest absolute Gasteiger partial charge is 0.354 e. The molecule has 0 bridgehead atoms. The Hall–Kier alpha value is -0.570. The average molecular weight is 170 g/mol. The molecule has 1 saturated heterocycles. The molecular weight excluding hydrogens is 152 g/mol. The monoisotopic (exact) mass is 170 g/mol. The van der Waals surface area contributed by atoms with E-state index in [0.717, 1.165) is 13.1 Å². The second-order valence-corrected chi connectivity index (χ2v) is 3.58. The third-order valence-electron chi connectivity index (χ3n) is 2.52. The molecule has 70 valence electrons. The lowest BCUT2D eigenvalue weighted by atomic mass is 9.91. The Labute approximate surface area is 73.9 Å². The minimum absolute atomic E-state index is 0.0843. The Bertz CT molecular complexity index is 153. The number of carbonyl (C=O) groups is 1. The number of rotatable bonds is 2. The highest BCUT2D eigenvalue weighted by Crippen LogP contribution is 2.15. The lowest BCUT2D eigenvalue weighted by Gasteiger charge is -2.28. The highest BCUT2D eigenvalue weighted by Gasteiger charge is 2.19. The lowest BCUT2D eigenvalue weighted by Crippen LogP contribution is -2.41. The van der Waals surface area contributed by atoms with E-state index in [-0.39, 0.29) is 5.91 Å². The molecule has 0 radical (unpaired) electrons. The van der Waals surface area contributed by atoms with Crippen molar-refractivity contribution in [3.05, 3.63) is 0 Å². The molecule has 1 heterocycles. The van der Waals surface area contributed by atoms with Crippen molar-refractivity contribution in [1.82, 2.24) is 10.6 Å². The SMILES string of the molecule is CC(=O)N[C@@H](C)C1CCNCC1. The summed E-state index contributed by atoms with van der Waals surface area (Å²) in [6, 6.07) is 0.338. The number of hydrogen-bond donors (Lipinski definition) is 2. The summed E-state index contributed by atoms with van der Waals surface area (Å²) in [5.74, 6) is 0.746. The third-order valence-corrected chi connectivity index (χ3v) is 2.52. The number of hydrogen-bond acceptors (Lipinski definition) is 2. The first kappa shape index (κ1) is 9.52. The smallest absolute Gasteiger partial charge is 0.217 e. The van der Waals surface area contributed by atoms with Gasteiger partial charge >= 0.3 is 0 Å². The van der Waals surface area contributed by atoms with Crippen LogP contribution in [0.5, 0.6) is 0 Å². The van der Waals surface area contributed by atoms with Crippen molar-refractivity contribution >= 4 is 5.91 Å². The van der Waals surface area contributed by atoms with E-state index in [4.69, 9.17) is 0 Å². The first-order chi connectivity index (χ1) is 5.70. The molecule has 1 atom stereocenters. The molecule has 3 heteroatoms. The topological polar surface area (TPSA) is 41.1 Å². The first-order valence-electron chi connectivity index (χ1n) is 4.68. The van der Waals surface area contributed by atoms with Gasteiger partial charge in [0, 0.05) is 13.0 Å². The Morgan fingerprint density at radius 1 is 1.50 bits per heavy atom. The van der Waals surface area contributed by atoms with Gasteiger partial charge in [0.05, 0.1) is 0 Å². The summed E-state index contributed by atoms with van der Waals surface area (Å²) in [4.78, 5) is 10.8. The number of piperidine rings is 1. The molecule has 0 aromatic carbocycles. The van der Waals surface area contributed by atoms with Crippen LogP contribution in [0, 0.1) is 5.92 Å². The van der Waals surface area contributed by atoms with Crippen LogP contribution in [-0.4, -0.2) is 25.0 Å². The van der Waals surface area contributed by atoms with Gasteiger partial charge in [-0.3, -0.25) is 4.79 Å². The minimum atomic E-state index is 0.0843. The molecule has 0 aliphatic carbocycles. The first-order valence-corrected chi connectivity index (χ1v) is 4.68. The number of carbonyl (C=O) groups excluding carboxylic acids is 1. The highest BCUT2D eigenvalue weighted by atomic mass is 16.1. The molecule has 0 saturated carbocycles. The molecule has 1 aliphatic rings. The Balaban J connectivity index is 2.29. The van der Waals surface area contributed by atoms with Gasteiger partial charge in [-0.05, 0) is 38.8 Å². The molecule has 1 aliphatic heterocycles. The highest BCUT2D eigenvalue weighted by molar-refractivity contribution is 5.73. The third kappa shape index (κ3) is 2.81. The maximum atomic E-state index is 10.8. The number of amides is 1. The summed E-state index contributed by atoms with van der Waals surface area (Å²) in [5.41, 5.74) is 0. The zero-order chi connectivity index (χ0) is 8.97. The van der Waals surface area contributed by atoms with Gasteiger partial charge < -0.3 is 10.6 Å². The quantitative estimate of drug-likeness (QED) is 0.634. The molecule has 0 unspecified atom stereocenters. The summed E-state index contributed by atoms with van der Waals surface area (Å²) in [6.07, 6.45) is 2.36. The van der Waals surface area contributed by atoms with Crippen molar-refractivity contribution in [2.24, 2.45) is 5.92 Å². The second kappa shape index (κ2) is 4.45. The van der Waals surface area contributed by atoms with Gasteiger partial charge in [0.25, 0.3) is 0 Å². The van der Waals surface area contributed by atoms with Crippen molar-refractivity contribution in [3.63, 3.8) is 0 Å². The Morgan fingerprint density at radius 2 is 2.08 bits per heavy atom. The predicted octanol–water partition coefficient (Wildman–Crippen LogP) is 0.511. The molecule has 1 rings (SSSR count). The van der Waals surface area contributed by atoms with Gasteiger partial charge in [-0.2, -0.15) is 0 Å². The second-order valence-electron chi connectivity index (χ2n) is 3.58. The molecule has 1 fully saturated rings. The molecule has 12 heavy (non-hydrogen) atoms. The zero-order valence-corrected chi connectivity index (χ0v) is 7.89. The van der Waals surface area contributed by atoms with Gasteiger partial charge in [0.2, 0.25) is 5.91 Å². The summed E-state index contributed by atoms with van der Waals surface area (Å²) in [5, 5.41) is 6.26. The van der Waals surface area contributed by atoms with Gasteiger partial charge in [0.1, 0.15) is 0 Å². The molecule has 2 N–H and O–H groups in total. The van der Waals surface area contributed by atoms with E-state index in [0.29, 0.717) is 12.0 Å². The fraction of sp³-hybridized carbons (Fsp3) is 0.889. The van der Waals surface area contributed by atoms with E-state index in [2.05, 4.69) is 17.6 Å². The van der Waals surface area contributed by atoms with Gasteiger partial charge in [-0.25, -0.2) is 0 Å². The predicted molar refractivity (Wildman–Crippen MR) is 48.9 cm³/mol. The molecule has 0 aromatic rings. The van der Waals surface area contributed by atoms with Crippen LogP contribution in [0.15, 0.2) is 0 Å². The summed E-state index contributed by atoms with van der Waals surface area (Å²) in [7, 11) is 0. The molecule has 0 aromatic heterocycles. The van der Waals surface area contributed by atoms with Crippen LogP contribution in [-0.2, 0) is 4.79 Å². The van der Waals surface area contributed by atoms with Crippen molar-refractivity contribution < 1.29 is 4.79 Å². The van der Waals surface area contributed by atoms with Crippen LogP contribution in [0.1, 0.15) is 26.7 Å². The maximum absolute atomic E-state index is 10.8. The van der Waals surface area contributed by atoms with Gasteiger partial charge in [-0.1, -0.05) is 0 Å². The standard InChI is InChI=1S/C9H18N2O/c1-7(11-8(2)12)9-3-5-10-6-4-9/h7,9-10H,3-6H2,1-2H3,(H,11,12)/t7-/m0/s1. The minimum Gasteiger partial charge on any atom is -0.354 e. The van der Waals surface area contributed by atoms with E-state index in [1.807, 2.05) is 0 Å². The van der Waals surface area contributed by atoms with Gasteiger partial charge in [-0.15, -0.1) is 0 Å². The number of nitrogens with one attached hydrogen (secondary N) is 2. The van der Waals surface area contributed by atoms with Crippen LogP contribution in [0.25, 0.3) is 0 Å². The van der Waals surface area contributed by atoms with Crippen molar-refractivity contribution in [3.8, 4) is 0 Å². The van der Waals surface area contributed by atoms with Crippen molar-refractivity contribution in [2.45, 2.75) is 32.7 Å². The van der Waals surface area contributed by atoms with Crippen LogP contribution in [0.2, 0.25) is 0 Å². The molecular formula is C9H18N2O. The fourth-order valence-corrected chi connectivity index (χ4v) is 1.78. The normalized spacial score (nSPS) is 21.8. The molecule has 3 nitrogen and oxygen atoms in total. The summed E-state index contributed by atoms with van der Waals surface area (Å²) in [6.45, 7) is 5.86.